The molecule has 0 saturated carbocycles. The molecular weight excluding hydrogens is 146 g/mol. The van der Waals surface area contributed by atoms with Crippen molar-refractivity contribution >= 4 is 0 Å². The highest BCUT2D eigenvalue weighted by atomic mass is 14.8. The minimum absolute atomic E-state index is 1.02. The van der Waals surface area contributed by atoms with Gasteiger partial charge in [-0.1, -0.05) is 18.2 Å². The molecule has 1 heteroatoms. The van der Waals surface area contributed by atoms with E-state index in [-0.39, 0.29) is 0 Å². The summed E-state index contributed by atoms with van der Waals surface area (Å²) in [7, 11) is 2.01. The summed E-state index contributed by atoms with van der Waals surface area (Å²) in [6, 6.07) is 6.68. The van der Waals surface area contributed by atoms with E-state index >= 15 is 0 Å². The Morgan fingerprint density at radius 3 is 3.08 bits per heavy atom. The third-order valence-electron chi connectivity index (χ3n) is 2.61. The van der Waals surface area contributed by atoms with Gasteiger partial charge >= 0.3 is 0 Å². The maximum atomic E-state index is 3.21. The summed E-state index contributed by atoms with van der Waals surface area (Å²) in [5.41, 5.74) is 4.67. The zero-order chi connectivity index (χ0) is 8.39. The van der Waals surface area contributed by atoms with E-state index in [0.29, 0.717) is 0 Å². The summed E-state index contributed by atoms with van der Waals surface area (Å²) < 4.78 is 0. The number of hydrogen-bond acceptors (Lipinski definition) is 1. The van der Waals surface area contributed by atoms with Gasteiger partial charge in [0.05, 0.1) is 0 Å². The van der Waals surface area contributed by atoms with Gasteiger partial charge in [-0.2, -0.15) is 0 Å². The summed E-state index contributed by atoms with van der Waals surface area (Å²) >= 11 is 0. The number of hydrogen-bond donors (Lipinski definition) is 1. The van der Waals surface area contributed by atoms with Gasteiger partial charge in [0, 0.05) is 6.54 Å². The minimum Gasteiger partial charge on any atom is -0.316 e. The van der Waals surface area contributed by atoms with E-state index in [1.54, 1.807) is 11.1 Å². The van der Waals surface area contributed by atoms with E-state index in [0.717, 1.165) is 6.54 Å². The molecule has 0 atom stereocenters. The molecule has 0 fully saturated rings. The quantitative estimate of drug-likeness (QED) is 0.698. The van der Waals surface area contributed by atoms with Crippen LogP contribution in [-0.2, 0) is 19.4 Å². The Balaban J connectivity index is 2.36. The molecule has 0 bridgehead atoms. The Morgan fingerprint density at radius 2 is 2.25 bits per heavy atom. The van der Waals surface area contributed by atoms with Crippen LogP contribution in [0.2, 0.25) is 0 Å². The van der Waals surface area contributed by atoms with Crippen LogP contribution in [0.4, 0.5) is 0 Å². The first-order valence-corrected chi connectivity index (χ1v) is 4.66. The molecule has 0 radical (unpaired) electrons. The third kappa shape index (κ3) is 1.25. The van der Waals surface area contributed by atoms with Gasteiger partial charge in [-0.25, -0.2) is 0 Å². The summed E-state index contributed by atoms with van der Waals surface area (Å²) in [6.45, 7) is 1.02. The maximum absolute atomic E-state index is 3.21. The Bertz CT molecular complexity index is 278. The number of rotatable bonds is 2. The van der Waals surface area contributed by atoms with E-state index in [9.17, 15) is 0 Å². The average molecular weight is 161 g/mol. The molecule has 64 valence electrons. The molecule has 1 nitrogen and oxygen atoms in total. The second kappa shape index (κ2) is 3.28. The van der Waals surface area contributed by atoms with Gasteiger partial charge in [0.1, 0.15) is 0 Å². The molecular formula is C11H15N. The van der Waals surface area contributed by atoms with Crippen molar-refractivity contribution in [2.24, 2.45) is 0 Å². The van der Waals surface area contributed by atoms with Crippen LogP contribution in [0.3, 0.4) is 0 Å². The smallest absolute Gasteiger partial charge is 0.0205 e. The van der Waals surface area contributed by atoms with Gasteiger partial charge in [0.2, 0.25) is 0 Å². The molecule has 0 heterocycles. The molecule has 1 aliphatic carbocycles. The number of benzene rings is 1. The van der Waals surface area contributed by atoms with E-state index in [2.05, 4.69) is 23.5 Å². The molecule has 0 saturated heterocycles. The van der Waals surface area contributed by atoms with Crippen LogP contribution in [-0.4, -0.2) is 7.05 Å². The zero-order valence-electron chi connectivity index (χ0n) is 7.56. The van der Waals surface area contributed by atoms with Crippen LogP contribution < -0.4 is 5.32 Å². The summed E-state index contributed by atoms with van der Waals surface area (Å²) in [6.07, 6.45) is 3.91. The van der Waals surface area contributed by atoms with Gasteiger partial charge in [-0.15, -0.1) is 0 Å². The van der Waals surface area contributed by atoms with Crippen molar-refractivity contribution in [3.63, 3.8) is 0 Å². The molecule has 0 spiro atoms. The van der Waals surface area contributed by atoms with E-state index in [1.807, 2.05) is 7.05 Å². The van der Waals surface area contributed by atoms with Crippen LogP contribution in [0.15, 0.2) is 18.2 Å². The topological polar surface area (TPSA) is 12.0 Å². The zero-order valence-corrected chi connectivity index (χ0v) is 7.56. The predicted molar refractivity (Wildman–Crippen MR) is 51.2 cm³/mol. The summed E-state index contributed by atoms with van der Waals surface area (Å²) in [4.78, 5) is 0. The molecule has 1 aliphatic rings. The Labute approximate surface area is 73.8 Å². The van der Waals surface area contributed by atoms with Gasteiger partial charge in [-0.3, -0.25) is 0 Å². The molecule has 0 aromatic heterocycles. The van der Waals surface area contributed by atoms with Crippen LogP contribution in [0.25, 0.3) is 0 Å². The van der Waals surface area contributed by atoms with Crippen LogP contribution in [0.5, 0.6) is 0 Å². The fourth-order valence-corrected chi connectivity index (χ4v) is 2.05. The second-order valence-electron chi connectivity index (χ2n) is 3.44. The minimum atomic E-state index is 1.02. The second-order valence-corrected chi connectivity index (χ2v) is 3.44. The van der Waals surface area contributed by atoms with Gasteiger partial charge in [0.15, 0.2) is 0 Å². The maximum Gasteiger partial charge on any atom is 0.0205 e. The van der Waals surface area contributed by atoms with Crippen LogP contribution in [0, 0.1) is 0 Å². The van der Waals surface area contributed by atoms with Gasteiger partial charge in [-0.05, 0) is 43.0 Å². The van der Waals surface area contributed by atoms with Crippen LogP contribution in [0.1, 0.15) is 23.1 Å². The van der Waals surface area contributed by atoms with E-state index in [1.165, 1.54) is 24.8 Å². The highest BCUT2D eigenvalue weighted by Gasteiger charge is 2.12. The molecule has 1 aromatic carbocycles. The van der Waals surface area contributed by atoms with Crippen molar-refractivity contribution in [2.45, 2.75) is 25.8 Å². The lowest BCUT2D eigenvalue weighted by Gasteiger charge is -2.06. The fourth-order valence-electron chi connectivity index (χ4n) is 2.05. The van der Waals surface area contributed by atoms with Crippen molar-refractivity contribution in [2.75, 3.05) is 7.05 Å². The van der Waals surface area contributed by atoms with Crippen molar-refractivity contribution in [3.05, 3.63) is 34.9 Å². The molecule has 1 N–H and O–H groups in total. The van der Waals surface area contributed by atoms with Crippen molar-refractivity contribution < 1.29 is 0 Å². The average Bonchev–Trinajstić information content (AvgIpc) is 2.53. The highest BCUT2D eigenvalue weighted by molar-refractivity contribution is 5.38. The Hall–Kier alpha value is -0.820. The van der Waals surface area contributed by atoms with Gasteiger partial charge < -0.3 is 5.32 Å². The molecule has 12 heavy (non-hydrogen) atoms. The van der Waals surface area contributed by atoms with Gasteiger partial charge in [0.25, 0.3) is 0 Å². The van der Waals surface area contributed by atoms with Crippen molar-refractivity contribution in [3.8, 4) is 0 Å². The normalized spacial score (nSPS) is 14.8. The van der Waals surface area contributed by atoms with E-state index < -0.39 is 0 Å². The molecule has 0 aliphatic heterocycles. The number of aryl methyl sites for hydroxylation is 1. The predicted octanol–water partition coefficient (Wildman–Crippen LogP) is 1.89. The highest BCUT2D eigenvalue weighted by Crippen LogP contribution is 2.24. The lowest BCUT2D eigenvalue weighted by Crippen LogP contribution is -2.07. The Morgan fingerprint density at radius 1 is 1.33 bits per heavy atom. The first-order valence-electron chi connectivity index (χ1n) is 4.66. The molecule has 0 unspecified atom stereocenters. The third-order valence-corrected chi connectivity index (χ3v) is 2.61. The molecule has 2 rings (SSSR count). The lowest BCUT2D eigenvalue weighted by molar-refractivity contribution is 0.804. The summed E-state index contributed by atoms with van der Waals surface area (Å²) in [5, 5.41) is 3.21. The van der Waals surface area contributed by atoms with Crippen molar-refractivity contribution in [1.29, 1.82) is 0 Å². The molecule has 1 aromatic rings. The SMILES string of the molecule is CNCc1cccc2c1CCC2. The summed E-state index contributed by atoms with van der Waals surface area (Å²) in [5.74, 6) is 0. The van der Waals surface area contributed by atoms with Crippen LogP contribution >= 0.6 is 0 Å². The fraction of sp³-hybridized carbons (Fsp3) is 0.455. The van der Waals surface area contributed by atoms with E-state index in [4.69, 9.17) is 0 Å². The monoisotopic (exact) mass is 161 g/mol. The Kier molecular flexibility index (Phi) is 2.13. The van der Waals surface area contributed by atoms with Crippen molar-refractivity contribution in [1.82, 2.24) is 5.32 Å². The first-order chi connectivity index (χ1) is 5.92. The lowest BCUT2D eigenvalue weighted by atomic mass is 10.0. The standard InChI is InChI=1S/C11H15N/c1-12-8-10-6-2-4-9-5-3-7-11(9)10/h2,4,6,12H,3,5,7-8H2,1H3. The first kappa shape index (κ1) is 7.81. The number of nitrogens with one attached hydrogen (secondary N) is 1. The molecule has 0 amide bonds. The number of fused-ring (bicyclic) bond motifs is 1. The largest absolute Gasteiger partial charge is 0.316 e.